The van der Waals surface area contributed by atoms with Gasteiger partial charge in [0.1, 0.15) is 0 Å². The Morgan fingerprint density at radius 1 is 1.33 bits per heavy atom. The van der Waals surface area contributed by atoms with Gasteiger partial charge in [0.2, 0.25) is 15.9 Å². The molecule has 1 fully saturated rings. The van der Waals surface area contributed by atoms with E-state index in [4.69, 9.17) is 0 Å². The highest BCUT2D eigenvalue weighted by molar-refractivity contribution is 7.88. The van der Waals surface area contributed by atoms with E-state index in [0.717, 1.165) is 38.6 Å². The van der Waals surface area contributed by atoms with Gasteiger partial charge in [-0.3, -0.25) is 4.79 Å². The largest absolute Gasteiger partial charge is 0.338 e. The Balaban J connectivity index is 2.66. The van der Waals surface area contributed by atoms with Crippen LogP contribution in [-0.2, 0) is 14.8 Å². The average Bonchev–Trinajstić information content (AvgIpc) is 2.37. The van der Waals surface area contributed by atoms with Crippen molar-refractivity contribution in [2.24, 2.45) is 0 Å². The van der Waals surface area contributed by atoms with E-state index in [9.17, 15) is 13.2 Å². The molecule has 1 aliphatic rings. The number of likely N-dealkylation sites (N-methyl/N-ethyl adjacent to an activating group) is 1. The van der Waals surface area contributed by atoms with Gasteiger partial charge in [0.15, 0.2) is 0 Å². The summed E-state index contributed by atoms with van der Waals surface area (Å²) >= 11 is 0. The molecule has 0 spiro atoms. The summed E-state index contributed by atoms with van der Waals surface area (Å²) in [5, 5.41) is 3.22. The van der Waals surface area contributed by atoms with Crippen LogP contribution < -0.4 is 10.0 Å². The van der Waals surface area contributed by atoms with Crippen LogP contribution in [0.4, 0.5) is 0 Å². The first kappa shape index (κ1) is 18.4. The molecule has 0 saturated carbocycles. The second-order valence-electron chi connectivity index (χ2n) is 6.26. The van der Waals surface area contributed by atoms with Crippen molar-refractivity contribution in [2.75, 3.05) is 25.9 Å². The van der Waals surface area contributed by atoms with Gasteiger partial charge in [-0.25, -0.2) is 13.1 Å². The summed E-state index contributed by atoms with van der Waals surface area (Å²) in [5.41, 5.74) is -0.575. The van der Waals surface area contributed by atoms with E-state index >= 15 is 0 Å². The Morgan fingerprint density at radius 2 is 2.00 bits per heavy atom. The van der Waals surface area contributed by atoms with Crippen LogP contribution in [0.3, 0.4) is 0 Å². The summed E-state index contributed by atoms with van der Waals surface area (Å²) in [4.78, 5) is 14.6. The molecule has 0 radical (unpaired) electrons. The van der Waals surface area contributed by atoms with Crippen LogP contribution in [0.2, 0.25) is 0 Å². The summed E-state index contributed by atoms with van der Waals surface area (Å²) in [7, 11) is -3.17. The van der Waals surface area contributed by atoms with Crippen molar-refractivity contribution in [2.45, 2.75) is 58.0 Å². The van der Waals surface area contributed by atoms with E-state index in [1.54, 1.807) is 0 Å². The number of hydrogen-bond donors (Lipinski definition) is 2. The highest BCUT2D eigenvalue weighted by Crippen LogP contribution is 2.22. The minimum Gasteiger partial charge on any atom is -0.338 e. The van der Waals surface area contributed by atoms with Gasteiger partial charge >= 0.3 is 0 Å². The molecular formula is C14H29N3O3S. The standard InChI is InChI=1S/C14H29N3O3S/c1-5-15-14(2,3)13(18)17-11-7-6-8-12(17)9-10-16-21(4,19)20/h12,15-16H,5-11H2,1-4H3. The lowest BCUT2D eigenvalue weighted by Gasteiger charge is -2.40. The Morgan fingerprint density at radius 3 is 2.57 bits per heavy atom. The summed E-state index contributed by atoms with van der Waals surface area (Å²) in [6.07, 6.45) is 4.88. The molecule has 124 valence electrons. The van der Waals surface area contributed by atoms with Crippen molar-refractivity contribution in [3.05, 3.63) is 0 Å². The molecule has 1 heterocycles. The zero-order chi connectivity index (χ0) is 16.1. The fourth-order valence-electron chi connectivity index (χ4n) is 2.86. The lowest BCUT2D eigenvalue weighted by atomic mass is 9.95. The van der Waals surface area contributed by atoms with Gasteiger partial charge in [-0.2, -0.15) is 0 Å². The smallest absolute Gasteiger partial charge is 0.242 e. The van der Waals surface area contributed by atoms with Crippen LogP contribution in [0, 0.1) is 0 Å². The molecule has 6 nitrogen and oxygen atoms in total. The molecule has 0 aromatic heterocycles. The predicted octanol–water partition coefficient (Wildman–Crippen LogP) is 0.695. The van der Waals surface area contributed by atoms with E-state index in [0.29, 0.717) is 13.0 Å². The third-order valence-corrected chi connectivity index (χ3v) is 4.61. The van der Waals surface area contributed by atoms with Gasteiger partial charge in [0.05, 0.1) is 11.8 Å². The first-order valence-corrected chi connectivity index (χ1v) is 9.57. The zero-order valence-electron chi connectivity index (χ0n) is 13.6. The van der Waals surface area contributed by atoms with Crippen molar-refractivity contribution in [3.63, 3.8) is 0 Å². The number of rotatable bonds is 7. The summed E-state index contributed by atoms with van der Waals surface area (Å²) < 4.78 is 24.8. The maximum absolute atomic E-state index is 12.7. The lowest BCUT2D eigenvalue weighted by Crippen LogP contribution is -2.58. The maximum atomic E-state index is 12.7. The fourth-order valence-corrected chi connectivity index (χ4v) is 3.34. The molecule has 1 aliphatic heterocycles. The van der Waals surface area contributed by atoms with Gasteiger partial charge in [-0.15, -0.1) is 0 Å². The van der Waals surface area contributed by atoms with E-state index in [1.807, 2.05) is 25.7 Å². The molecule has 7 heteroatoms. The summed E-state index contributed by atoms with van der Waals surface area (Å²) in [6, 6.07) is 0.124. The Bertz CT molecular complexity index is 448. The number of hydrogen-bond acceptors (Lipinski definition) is 4. The van der Waals surface area contributed by atoms with Crippen LogP contribution in [0.5, 0.6) is 0 Å². The average molecular weight is 319 g/mol. The molecule has 1 rings (SSSR count). The number of amides is 1. The number of nitrogens with one attached hydrogen (secondary N) is 2. The number of carbonyl (C=O) groups is 1. The van der Waals surface area contributed by atoms with E-state index in [-0.39, 0.29) is 11.9 Å². The van der Waals surface area contributed by atoms with Crippen molar-refractivity contribution in [3.8, 4) is 0 Å². The molecule has 1 saturated heterocycles. The molecule has 21 heavy (non-hydrogen) atoms. The van der Waals surface area contributed by atoms with Gasteiger partial charge in [0, 0.05) is 19.1 Å². The molecule has 1 atom stereocenters. The normalized spacial score (nSPS) is 20.6. The third kappa shape index (κ3) is 5.92. The maximum Gasteiger partial charge on any atom is 0.242 e. The number of sulfonamides is 1. The molecule has 0 bridgehead atoms. The van der Waals surface area contributed by atoms with E-state index in [2.05, 4.69) is 10.0 Å². The molecule has 2 N–H and O–H groups in total. The SMILES string of the molecule is CCNC(C)(C)C(=O)N1CCCCC1CCNS(C)(=O)=O. The van der Waals surface area contributed by atoms with Crippen LogP contribution in [0.15, 0.2) is 0 Å². The Kier molecular flexibility index (Phi) is 6.62. The zero-order valence-corrected chi connectivity index (χ0v) is 14.4. The Labute approximate surface area is 128 Å². The number of nitrogens with zero attached hydrogens (tertiary/aromatic N) is 1. The second kappa shape index (κ2) is 7.56. The van der Waals surface area contributed by atoms with E-state index in [1.165, 1.54) is 0 Å². The summed E-state index contributed by atoms with van der Waals surface area (Å²) in [6.45, 7) is 7.68. The lowest BCUT2D eigenvalue weighted by molar-refractivity contribution is -0.141. The molecule has 1 amide bonds. The summed E-state index contributed by atoms with van der Waals surface area (Å²) in [5.74, 6) is 0.105. The second-order valence-corrected chi connectivity index (χ2v) is 8.09. The van der Waals surface area contributed by atoms with Gasteiger partial charge in [-0.1, -0.05) is 6.92 Å². The van der Waals surface area contributed by atoms with Crippen molar-refractivity contribution in [1.29, 1.82) is 0 Å². The number of carbonyl (C=O) groups excluding carboxylic acids is 1. The highest BCUT2D eigenvalue weighted by Gasteiger charge is 2.35. The van der Waals surface area contributed by atoms with Crippen LogP contribution in [0.1, 0.15) is 46.5 Å². The van der Waals surface area contributed by atoms with Crippen molar-refractivity contribution >= 4 is 15.9 Å². The first-order chi connectivity index (χ1) is 9.67. The Hall–Kier alpha value is -0.660. The topological polar surface area (TPSA) is 78.5 Å². The fraction of sp³-hybridized carbons (Fsp3) is 0.929. The number of likely N-dealkylation sites (tertiary alicyclic amines) is 1. The van der Waals surface area contributed by atoms with Crippen LogP contribution >= 0.6 is 0 Å². The minimum absolute atomic E-state index is 0.105. The van der Waals surface area contributed by atoms with Gasteiger partial charge < -0.3 is 10.2 Å². The molecule has 1 unspecified atom stereocenters. The highest BCUT2D eigenvalue weighted by atomic mass is 32.2. The molecule has 0 aromatic carbocycles. The van der Waals surface area contributed by atoms with Gasteiger partial charge in [-0.05, 0) is 46.1 Å². The monoisotopic (exact) mass is 319 g/mol. The molecule has 0 aromatic rings. The van der Waals surface area contributed by atoms with Crippen LogP contribution in [0.25, 0.3) is 0 Å². The minimum atomic E-state index is -3.17. The molecule has 0 aliphatic carbocycles. The third-order valence-electron chi connectivity index (χ3n) is 3.88. The predicted molar refractivity (Wildman–Crippen MR) is 84.6 cm³/mol. The number of piperidine rings is 1. The first-order valence-electron chi connectivity index (χ1n) is 7.68. The van der Waals surface area contributed by atoms with Crippen LogP contribution in [-0.4, -0.2) is 56.7 Å². The molecular weight excluding hydrogens is 290 g/mol. The van der Waals surface area contributed by atoms with Crippen molar-refractivity contribution in [1.82, 2.24) is 14.9 Å². The quantitative estimate of drug-likeness (QED) is 0.724. The van der Waals surface area contributed by atoms with E-state index < -0.39 is 15.6 Å². The van der Waals surface area contributed by atoms with Crippen molar-refractivity contribution < 1.29 is 13.2 Å². The van der Waals surface area contributed by atoms with Gasteiger partial charge in [0.25, 0.3) is 0 Å².